The van der Waals surface area contributed by atoms with E-state index in [9.17, 15) is 8.42 Å². The van der Waals surface area contributed by atoms with Gasteiger partial charge in [-0.2, -0.15) is 0 Å². The Morgan fingerprint density at radius 3 is 2.56 bits per heavy atom. The van der Waals surface area contributed by atoms with E-state index in [1.165, 1.54) is 0 Å². The summed E-state index contributed by atoms with van der Waals surface area (Å²) in [5.74, 6) is 0.685. The second-order valence-electron chi connectivity index (χ2n) is 5.72. The zero-order valence-corrected chi connectivity index (χ0v) is 13.3. The number of ether oxygens (including phenoxy) is 1. The maximum Gasteiger partial charge on any atom is 0.151 e. The molecule has 0 aromatic rings. The van der Waals surface area contributed by atoms with Crippen molar-refractivity contribution in [2.24, 2.45) is 5.41 Å². The summed E-state index contributed by atoms with van der Waals surface area (Å²) in [5.41, 5.74) is 0.249. The first kappa shape index (κ1) is 14.8. The molecular weight excluding hydrogens is 318 g/mol. The molecule has 0 aromatic heterocycles. The highest BCUT2D eigenvalue weighted by atomic mass is 79.9. The van der Waals surface area contributed by atoms with Crippen molar-refractivity contribution in [2.45, 2.75) is 25.3 Å². The molecule has 6 heteroatoms. The molecule has 0 radical (unpaired) electrons. The predicted molar refractivity (Wildman–Crippen MR) is 76.0 cm³/mol. The second kappa shape index (κ2) is 5.77. The van der Waals surface area contributed by atoms with Crippen LogP contribution in [0.15, 0.2) is 0 Å². The normalized spacial score (nSPS) is 30.7. The van der Waals surface area contributed by atoms with Crippen LogP contribution in [0, 0.1) is 5.41 Å². The van der Waals surface area contributed by atoms with Crippen LogP contribution < -0.4 is 0 Å². The molecule has 0 N–H and O–H groups in total. The summed E-state index contributed by atoms with van der Waals surface area (Å²) in [7, 11) is -0.725. The van der Waals surface area contributed by atoms with E-state index in [1.54, 1.807) is 0 Å². The van der Waals surface area contributed by atoms with Gasteiger partial charge in [-0.1, -0.05) is 15.9 Å². The van der Waals surface area contributed by atoms with Crippen molar-refractivity contribution in [1.29, 1.82) is 0 Å². The molecule has 0 aromatic carbocycles. The van der Waals surface area contributed by atoms with Gasteiger partial charge >= 0.3 is 0 Å². The van der Waals surface area contributed by atoms with Gasteiger partial charge in [0.1, 0.15) is 0 Å². The van der Waals surface area contributed by atoms with Crippen LogP contribution in [-0.2, 0) is 14.6 Å². The van der Waals surface area contributed by atoms with Gasteiger partial charge in [-0.15, -0.1) is 0 Å². The molecule has 1 atom stereocenters. The number of nitrogens with zero attached hydrogens (tertiary/aromatic N) is 1. The average molecular weight is 340 g/mol. The fraction of sp³-hybridized carbons (Fsp3) is 1.00. The van der Waals surface area contributed by atoms with Crippen LogP contribution in [0.3, 0.4) is 0 Å². The number of sulfone groups is 1. The van der Waals surface area contributed by atoms with Crippen LogP contribution >= 0.6 is 15.9 Å². The topological polar surface area (TPSA) is 46.6 Å². The summed E-state index contributed by atoms with van der Waals surface area (Å²) < 4.78 is 28.5. The Kier molecular flexibility index (Phi) is 4.73. The molecule has 1 unspecified atom stereocenters. The quantitative estimate of drug-likeness (QED) is 0.724. The third-order valence-corrected chi connectivity index (χ3v) is 7.19. The zero-order chi connectivity index (χ0) is 13.2. The minimum Gasteiger partial charge on any atom is -0.381 e. The van der Waals surface area contributed by atoms with Gasteiger partial charge in [-0.05, 0) is 31.7 Å². The van der Waals surface area contributed by atoms with Crippen LogP contribution in [0.1, 0.15) is 19.3 Å². The van der Waals surface area contributed by atoms with Gasteiger partial charge < -0.3 is 9.64 Å². The smallest absolute Gasteiger partial charge is 0.151 e. The van der Waals surface area contributed by atoms with Crippen molar-refractivity contribution in [2.75, 3.05) is 43.6 Å². The van der Waals surface area contributed by atoms with Crippen molar-refractivity contribution >= 4 is 25.8 Å². The highest BCUT2D eigenvalue weighted by Crippen LogP contribution is 2.34. The van der Waals surface area contributed by atoms with Crippen LogP contribution in [0.5, 0.6) is 0 Å². The van der Waals surface area contributed by atoms with Crippen molar-refractivity contribution in [3.05, 3.63) is 0 Å². The van der Waals surface area contributed by atoms with E-state index >= 15 is 0 Å². The number of hydrogen-bond acceptors (Lipinski definition) is 4. The van der Waals surface area contributed by atoms with E-state index in [2.05, 4.69) is 27.9 Å². The minimum absolute atomic E-state index is 0.203. The van der Waals surface area contributed by atoms with Crippen molar-refractivity contribution < 1.29 is 13.2 Å². The summed E-state index contributed by atoms with van der Waals surface area (Å²) in [6, 6.07) is 0.203. The molecule has 4 nitrogen and oxygen atoms in total. The first-order valence-corrected chi connectivity index (χ1v) is 9.45. The van der Waals surface area contributed by atoms with E-state index in [4.69, 9.17) is 4.74 Å². The molecule has 2 heterocycles. The van der Waals surface area contributed by atoms with Crippen molar-refractivity contribution in [1.82, 2.24) is 4.90 Å². The zero-order valence-electron chi connectivity index (χ0n) is 10.9. The highest BCUT2D eigenvalue weighted by Gasteiger charge is 2.37. The van der Waals surface area contributed by atoms with Crippen LogP contribution in [0.4, 0.5) is 0 Å². The van der Waals surface area contributed by atoms with Gasteiger partial charge in [0.25, 0.3) is 0 Å². The van der Waals surface area contributed by atoms with Gasteiger partial charge in [0, 0.05) is 31.1 Å². The van der Waals surface area contributed by atoms with E-state index in [0.29, 0.717) is 11.5 Å². The Morgan fingerprint density at radius 2 is 2.06 bits per heavy atom. The SMILES string of the molecule is CN(CC1(CBr)CCOCC1)C1CCS(=O)(=O)C1. The van der Waals surface area contributed by atoms with Gasteiger partial charge in [-0.3, -0.25) is 0 Å². The van der Waals surface area contributed by atoms with Gasteiger partial charge in [-0.25, -0.2) is 8.42 Å². The summed E-state index contributed by atoms with van der Waals surface area (Å²) in [5, 5.41) is 0.965. The molecule has 2 aliphatic rings. The average Bonchev–Trinajstić information content (AvgIpc) is 2.71. The molecule has 106 valence electrons. The second-order valence-corrected chi connectivity index (χ2v) is 8.51. The molecule has 0 saturated carbocycles. The molecule has 2 saturated heterocycles. The lowest BCUT2D eigenvalue weighted by atomic mass is 9.81. The molecule has 0 amide bonds. The Labute approximate surface area is 118 Å². The summed E-state index contributed by atoms with van der Waals surface area (Å²) in [6.45, 7) is 2.60. The summed E-state index contributed by atoms with van der Waals surface area (Å²) >= 11 is 3.63. The Balaban J connectivity index is 1.95. The lowest BCUT2D eigenvalue weighted by Gasteiger charge is -2.40. The maximum atomic E-state index is 11.5. The first-order valence-electron chi connectivity index (χ1n) is 6.51. The molecule has 18 heavy (non-hydrogen) atoms. The predicted octanol–water partition coefficient (Wildman–Crippen LogP) is 1.30. The monoisotopic (exact) mass is 339 g/mol. The van der Waals surface area contributed by atoms with E-state index in [-0.39, 0.29) is 11.5 Å². The van der Waals surface area contributed by atoms with Crippen LogP contribution in [-0.4, -0.2) is 63.0 Å². The largest absolute Gasteiger partial charge is 0.381 e. The molecular formula is C12H22BrNO3S. The number of rotatable bonds is 4. The molecule has 2 rings (SSSR count). The fourth-order valence-corrected chi connectivity index (χ4v) is 5.46. The fourth-order valence-electron chi connectivity index (χ4n) is 2.92. The molecule has 0 aliphatic carbocycles. The third-order valence-electron chi connectivity index (χ3n) is 4.25. The third kappa shape index (κ3) is 3.46. The highest BCUT2D eigenvalue weighted by molar-refractivity contribution is 9.09. The van der Waals surface area contributed by atoms with E-state index < -0.39 is 9.84 Å². The van der Waals surface area contributed by atoms with Gasteiger partial charge in [0.05, 0.1) is 11.5 Å². The van der Waals surface area contributed by atoms with Crippen molar-refractivity contribution in [3.8, 4) is 0 Å². The molecule has 2 fully saturated rings. The van der Waals surface area contributed by atoms with E-state index in [1.807, 2.05) is 0 Å². The standard InChI is InChI=1S/C12H22BrNO3S/c1-14(11-2-7-18(15,16)8-11)10-12(9-13)3-5-17-6-4-12/h11H,2-10H2,1H3. The van der Waals surface area contributed by atoms with Gasteiger partial charge in [0.15, 0.2) is 9.84 Å². The molecule has 0 bridgehead atoms. The van der Waals surface area contributed by atoms with Gasteiger partial charge in [0.2, 0.25) is 0 Å². The Bertz CT molecular complexity index is 379. The lowest BCUT2D eigenvalue weighted by molar-refractivity contribution is 0.00734. The minimum atomic E-state index is -2.79. The number of alkyl halides is 1. The Morgan fingerprint density at radius 1 is 1.39 bits per heavy atom. The van der Waals surface area contributed by atoms with E-state index in [0.717, 1.165) is 44.4 Å². The summed E-state index contributed by atoms with van der Waals surface area (Å²) in [6.07, 6.45) is 2.90. The molecule has 2 aliphatic heterocycles. The Hall–Kier alpha value is 0.350. The number of hydrogen-bond donors (Lipinski definition) is 0. The molecule has 0 spiro atoms. The van der Waals surface area contributed by atoms with Crippen LogP contribution in [0.2, 0.25) is 0 Å². The summed E-state index contributed by atoms with van der Waals surface area (Å²) in [4.78, 5) is 2.25. The number of halogens is 1. The lowest BCUT2D eigenvalue weighted by Crippen LogP contribution is -2.45. The first-order chi connectivity index (χ1) is 8.46. The van der Waals surface area contributed by atoms with Crippen molar-refractivity contribution in [3.63, 3.8) is 0 Å². The maximum absolute atomic E-state index is 11.5. The van der Waals surface area contributed by atoms with Crippen LogP contribution in [0.25, 0.3) is 0 Å².